The maximum absolute atomic E-state index is 14.0. The fourth-order valence-corrected chi connectivity index (χ4v) is 6.12. The number of sulfonamides is 1. The summed E-state index contributed by atoms with van der Waals surface area (Å²) in [6, 6.07) is 16.0. The van der Waals surface area contributed by atoms with Crippen molar-refractivity contribution in [1.82, 2.24) is 0 Å². The summed E-state index contributed by atoms with van der Waals surface area (Å²) in [5.74, 6) is -0.0913. The van der Waals surface area contributed by atoms with Gasteiger partial charge < -0.3 is 15.2 Å². The lowest BCUT2D eigenvalue weighted by atomic mass is 9.77. The van der Waals surface area contributed by atoms with Gasteiger partial charge >= 0.3 is 0 Å². The number of methoxy groups -OCH3 is 1. The van der Waals surface area contributed by atoms with Gasteiger partial charge in [-0.15, -0.1) is 0 Å². The van der Waals surface area contributed by atoms with Gasteiger partial charge in [-0.1, -0.05) is 29.8 Å². The van der Waals surface area contributed by atoms with E-state index in [2.05, 4.69) is 0 Å². The van der Waals surface area contributed by atoms with Crippen LogP contribution in [0.1, 0.15) is 25.0 Å². The number of benzene rings is 3. The minimum absolute atomic E-state index is 0.0432. The first-order valence-corrected chi connectivity index (χ1v) is 12.0. The van der Waals surface area contributed by atoms with Crippen LogP contribution in [-0.2, 0) is 20.2 Å². The van der Waals surface area contributed by atoms with Crippen molar-refractivity contribution in [3.8, 4) is 11.5 Å². The molecule has 3 aromatic rings. The maximum atomic E-state index is 14.0. The van der Waals surface area contributed by atoms with Crippen LogP contribution in [-0.4, -0.2) is 28.0 Å². The Hall–Kier alpha value is -3.23. The fourth-order valence-electron chi connectivity index (χ4n) is 4.14. The van der Waals surface area contributed by atoms with Gasteiger partial charge in [-0.2, -0.15) is 0 Å². The van der Waals surface area contributed by atoms with Gasteiger partial charge in [0.2, 0.25) is 0 Å². The van der Waals surface area contributed by atoms with Gasteiger partial charge in [-0.3, -0.25) is 4.79 Å². The van der Waals surface area contributed by atoms with E-state index in [1.807, 2.05) is 6.92 Å². The molecule has 0 aromatic heterocycles. The Morgan fingerprint density at radius 2 is 1.79 bits per heavy atom. The van der Waals surface area contributed by atoms with Gasteiger partial charge in [0.25, 0.3) is 15.9 Å². The van der Waals surface area contributed by atoms with Crippen LogP contribution in [0.3, 0.4) is 0 Å². The molecule has 33 heavy (non-hydrogen) atoms. The zero-order chi connectivity index (χ0) is 24.0. The van der Waals surface area contributed by atoms with Gasteiger partial charge in [0.15, 0.2) is 0 Å². The first-order chi connectivity index (χ1) is 15.7. The molecule has 0 aliphatic carbocycles. The van der Waals surface area contributed by atoms with E-state index in [4.69, 9.17) is 26.8 Å². The molecule has 0 saturated heterocycles. The number of amides is 1. The number of nitrogens with zero attached hydrogens (tertiary/aromatic N) is 1. The summed E-state index contributed by atoms with van der Waals surface area (Å²) in [4.78, 5) is 13.8. The van der Waals surface area contributed by atoms with Crippen LogP contribution in [0.25, 0.3) is 0 Å². The third-order valence-corrected chi connectivity index (χ3v) is 7.83. The number of ether oxygens (including phenoxy) is 2. The van der Waals surface area contributed by atoms with Gasteiger partial charge in [-0.05, 0) is 55.8 Å². The van der Waals surface area contributed by atoms with E-state index in [-0.39, 0.29) is 16.3 Å². The van der Waals surface area contributed by atoms with Crippen LogP contribution in [0.5, 0.6) is 11.5 Å². The number of rotatable bonds is 6. The van der Waals surface area contributed by atoms with E-state index in [0.29, 0.717) is 34.2 Å². The van der Waals surface area contributed by atoms with Gasteiger partial charge in [0.1, 0.15) is 21.8 Å². The smallest absolute Gasteiger partial charge is 0.274 e. The van der Waals surface area contributed by atoms with Crippen molar-refractivity contribution in [2.75, 3.05) is 23.8 Å². The predicted octanol–water partition coefficient (Wildman–Crippen LogP) is 4.37. The molecule has 0 spiro atoms. The van der Waals surface area contributed by atoms with Crippen molar-refractivity contribution in [3.63, 3.8) is 0 Å². The Bertz CT molecular complexity index is 1360. The highest BCUT2D eigenvalue weighted by Gasteiger charge is 2.54. The van der Waals surface area contributed by atoms with E-state index in [9.17, 15) is 13.2 Å². The molecule has 9 heteroatoms. The zero-order valence-corrected chi connectivity index (χ0v) is 19.9. The quantitative estimate of drug-likeness (QED) is 0.519. The fraction of sp³-hybridized carbons (Fsp3) is 0.208. The predicted molar refractivity (Wildman–Crippen MR) is 128 cm³/mol. The number of carbonyl (C=O) groups is 1. The standard InChI is InChI=1S/C24H23ClN2O5S/c1-4-32-16-10-11-20-18(14-16)24(2,17-7-5-6-8-19(17)25)23(28)27(20)33(29,30)22-12-9-15(26)13-21(22)31-3/h5-14H,4,26H2,1-3H3. The molecule has 4 rings (SSSR count). The van der Waals surface area contributed by atoms with Crippen molar-refractivity contribution >= 4 is 38.9 Å². The lowest BCUT2D eigenvalue weighted by Crippen LogP contribution is -2.42. The second-order valence-electron chi connectivity index (χ2n) is 7.70. The van der Waals surface area contributed by atoms with E-state index < -0.39 is 21.3 Å². The van der Waals surface area contributed by atoms with E-state index in [1.165, 1.54) is 25.3 Å². The van der Waals surface area contributed by atoms with Gasteiger partial charge in [0, 0.05) is 22.3 Å². The largest absolute Gasteiger partial charge is 0.495 e. The lowest BCUT2D eigenvalue weighted by Gasteiger charge is -2.26. The molecule has 3 aromatic carbocycles. The van der Waals surface area contributed by atoms with Gasteiger partial charge in [0.05, 0.1) is 19.4 Å². The molecule has 1 atom stereocenters. The van der Waals surface area contributed by atoms with Crippen LogP contribution in [0.4, 0.5) is 11.4 Å². The minimum Gasteiger partial charge on any atom is -0.495 e. The molecular formula is C24H23ClN2O5S. The number of nitrogen functional groups attached to an aromatic ring is 1. The summed E-state index contributed by atoms with van der Waals surface area (Å²) in [7, 11) is -3.02. The van der Waals surface area contributed by atoms with Gasteiger partial charge in [-0.25, -0.2) is 12.7 Å². The average molecular weight is 487 g/mol. The molecule has 1 unspecified atom stereocenters. The number of fused-ring (bicyclic) bond motifs is 1. The third kappa shape index (κ3) is 3.50. The summed E-state index contributed by atoms with van der Waals surface area (Å²) >= 11 is 6.49. The molecular weight excluding hydrogens is 464 g/mol. The molecule has 7 nitrogen and oxygen atoms in total. The highest BCUT2D eigenvalue weighted by atomic mass is 35.5. The Kier molecular flexibility index (Phi) is 5.76. The van der Waals surface area contributed by atoms with Crippen LogP contribution >= 0.6 is 11.6 Å². The molecule has 0 radical (unpaired) electrons. The second kappa shape index (κ2) is 8.28. The first-order valence-electron chi connectivity index (χ1n) is 10.2. The molecule has 1 heterocycles. The number of hydrogen-bond acceptors (Lipinski definition) is 6. The van der Waals surface area contributed by atoms with Crippen molar-refractivity contribution < 1.29 is 22.7 Å². The van der Waals surface area contributed by atoms with Crippen LogP contribution < -0.4 is 19.5 Å². The Labute approximate surface area is 197 Å². The van der Waals surface area contributed by atoms with Crippen LogP contribution in [0.15, 0.2) is 65.6 Å². The highest BCUT2D eigenvalue weighted by molar-refractivity contribution is 7.93. The highest BCUT2D eigenvalue weighted by Crippen LogP contribution is 2.51. The topological polar surface area (TPSA) is 98.9 Å². The first kappa shape index (κ1) is 22.9. The average Bonchev–Trinajstić information content (AvgIpc) is 3.01. The van der Waals surface area contributed by atoms with Crippen LogP contribution in [0, 0.1) is 0 Å². The molecule has 1 aliphatic rings. The van der Waals surface area contributed by atoms with E-state index >= 15 is 0 Å². The maximum Gasteiger partial charge on any atom is 0.274 e. The Balaban J connectivity index is 1.99. The summed E-state index contributed by atoms with van der Waals surface area (Å²) in [5, 5.41) is 0.352. The molecule has 1 amide bonds. The number of nitrogens with two attached hydrogens (primary N) is 1. The summed E-state index contributed by atoms with van der Waals surface area (Å²) in [6.07, 6.45) is 0. The minimum atomic E-state index is -4.36. The molecule has 172 valence electrons. The molecule has 0 fully saturated rings. The molecule has 0 bridgehead atoms. The normalized spacial score (nSPS) is 17.7. The molecule has 0 saturated carbocycles. The Morgan fingerprint density at radius 1 is 1.06 bits per heavy atom. The van der Waals surface area contributed by atoms with Crippen molar-refractivity contribution in [2.45, 2.75) is 24.2 Å². The number of halogens is 1. The SMILES string of the molecule is CCOc1ccc2c(c1)C(C)(c1ccccc1Cl)C(=O)N2S(=O)(=O)c1ccc(N)cc1OC. The summed E-state index contributed by atoms with van der Waals surface area (Å²) in [6.45, 7) is 3.93. The number of anilines is 2. The summed E-state index contributed by atoms with van der Waals surface area (Å²) in [5.41, 5.74) is 5.97. The number of hydrogen-bond donors (Lipinski definition) is 1. The third-order valence-electron chi connectivity index (χ3n) is 5.77. The second-order valence-corrected chi connectivity index (χ2v) is 9.86. The van der Waals surface area contributed by atoms with E-state index in [1.54, 1.807) is 49.4 Å². The molecule has 2 N–H and O–H groups in total. The van der Waals surface area contributed by atoms with Crippen LogP contribution in [0.2, 0.25) is 5.02 Å². The monoisotopic (exact) mass is 486 g/mol. The van der Waals surface area contributed by atoms with E-state index in [0.717, 1.165) is 4.31 Å². The van der Waals surface area contributed by atoms with Crippen molar-refractivity contribution in [2.24, 2.45) is 0 Å². The molecule has 1 aliphatic heterocycles. The number of carbonyl (C=O) groups excluding carboxylic acids is 1. The summed E-state index contributed by atoms with van der Waals surface area (Å²) < 4.78 is 39.4. The Morgan fingerprint density at radius 3 is 2.45 bits per heavy atom. The lowest BCUT2D eigenvalue weighted by molar-refractivity contribution is -0.120. The van der Waals surface area contributed by atoms with Crippen molar-refractivity contribution in [3.05, 3.63) is 76.8 Å². The van der Waals surface area contributed by atoms with Crippen molar-refractivity contribution in [1.29, 1.82) is 0 Å². The zero-order valence-electron chi connectivity index (χ0n) is 18.3.